The molecular weight excluding hydrogens is 294 g/mol. The van der Waals surface area contributed by atoms with Gasteiger partial charge in [-0.2, -0.15) is 0 Å². The number of nitrogens with zero attached hydrogens (tertiary/aromatic N) is 3. The molecule has 0 bridgehead atoms. The van der Waals surface area contributed by atoms with Crippen LogP contribution >= 0.6 is 0 Å². The topological polar surface area (TPSA) is 60.9 Å². The maximum absolute atomic E-state index is 12.5. The summed E-state index contributed by atoms with van der Waals surface area (Å²) in [6.07, 6.45) is 6.74. The SMILES string of the molecule is CC(=O)N1CCN(C(=O)CN(C(C)=O)C2CCCCCC2)CC1. The Morgan fingerprint density at radius 2 is 1.39 bits per heavy atom. The molecule has 0 spiro atoms. The molecule has 23 heavy (non-hydrogen) atoms. The zero-order chi connectivity index (χ0) is 16.8. The summed E-state index contributed by atoms with van der Waals surface area (Å²) in [5, 5.41) is 0. The smallest absolute Gasteiger partial charge is 0.242 e. The van der Waals surface area contributed by atoms with Gasteiger partial charge in [-0.15, -0.1) is 0 Å². The van der Waals surface area contributed by atoms with Crippen LogP contribution in [0.15, 0.2) is 0 Å². The Labute approximate surface area is 138 Å². The van der Waals surface area contributed by atoms with Crippen molar-refractivity contribution in [1.29, 1.82) is 0 Å². The Bertz CT molecular complexity index is 436. The van der Waals surface area contributed by atoms with Crippen LogP contribution in [0.3, 0.4) is 0 Å². The van der Waals surface area contributed by atoms with Gasteiger partial charge in [-0.3, -0.25) is 14.4 Å². The number of rotatable bonds is 3. The Balaban J connectivity index is 1.90. The van der Waals surface area contributed by atoms with Gasteiger partial charge in [-0.25, -0.2) is 0 Å². The maximum Gasteiger partial charge on any atom is 0.242 e. The standard InChI is InChI=1S/C17H29N3O3/c1-14(21)18-9-11-19(12-10-18)17(23)13-20(15(2)22)16-7-5-3-4-6-8-16/h16H,3-13H2,1-2H3. The Kier molecular flexibility index (Phi) is 6.42. The summed E-state index contributed by atoms with van der Waals surface area (Å²) in [6, 6.07) is 0.206. The molecular formula is C17H29N3O3. The van der Waals surface area contributed by atoms with E-state index in [1.54, 1.807) is 28.5 Å². The number of piperazine rings is 1. The first-order chi connectivity index (χ1) is 11.0. The van der Waals surface area contributed by atoms with Crippen molar-refractivity contribution in [3.8, 4) is 0 Å². The van der Waals surface area contributed by atoms with Gasteiger partial charge < -0.3 is 14.7 Å². The van der Waals surface area contributed by atoms with E-state index in [1.807, 2.05) is 0 Å². The summed E-state index contributed by atoms with van der Waals surface area (Å²) in [7, 11) is 0. The van der Waals surface area contributed by atoms with E-state index >= 15 is 0 Å². The monoisotopic (exact) mass is 323 g/mol. The molecule has 0 radical (unpaired) electrons. The Hall–Kier alpha value is -1.59. The molecule has 0 aromatic carbocycles. The van der Waals surface area contributed by atoms with E-state index in [2.05, 4.69) is 0 Å². The summed E-state index contributed by atoms with van der Waals surface area (Å²) in [6.45, 7) is 5.60. The minimum Gasteiger partial charge on any atom is -0.339 e. The van der Waals surface area contributed by atoms with Crippen molar-refractivity contribution in [2.24, 2.45) is 0 Å². The number of hydrogen-bond acceptors (Lipinski definition) is 3. The highest BCUT2D eigenvalue weighted by Gasteiger charge is 2.28. The van der Waals surface area contributed by atoms with Gasteiger partial charge in [0.25, 0.3) is 0 Å². The van der Waals surface area contributed by atoms with Gasteiger partial charge in [0.05, 0.1) is 6.54 Å². The van der Waals surface area contributed by atoms with Gasteiger partial charge in [0, 0.05) is 46.1 Å². The molecule has 1 saturated carbocycles. The summed E-state index contributed by atoms with van der Waals surface area (Å²) in [5.74, 6) is 0.0567. The summed E-state index contributed by atoms with van der Waals surface area (Å²) < 4.78 is 0. The predicted octanol–water partition coefficient (Wildman–Crippen LogP) is 1.25. The van der Waals surface area contributed by atoms with E-state index in [-0.39, 0.29) is 30.3 Å². The lowest BCUT2D eigenvalue weighted by Crippen LogP contribution is -2.53. The lowest BCUT2D eigenvalue weighted by Gasteiger charge is -2.36. The molecule has 2 rings (SSSR count). The van der Waals surface area contributed by atoms with E-state index in [4.69, 9.17) is 0 Å². The third kappa shape index (κ3) is 4.94. The van der Waals surface area contributed by atoms with Crippen molar-refractivity contribution < 1.29 is 14.4 Å². The normalized spacial score (nSPS) is 20.1. The fraction of sp³-hybridized carbons (Fsp3) is 0.824. The molecule has 0 atom stereocenters. The van der Waals surface area contributed by atoms with Crippen LogP contribution < -0.4 is 0 Å². The first-order valence-corrected chi connectivity index (χ1v) is 8.79. The van der Waals surface area contributed by atoms with Crippen molar-refractivity contribution in [3.63, 3.8) is 0 Å². The van der Waals surface area contributed by atoms with Crippen molar-refractivity contribution in [2.45, 2.75) is 58.4 Å². The van der Waals surface area contributed by atoms with Gasteiger partial charge in [-0.1, -0.05) is 25.7 Å². The van der Waals surface area contributed by atoms with Crippen LogP contribution in [-0.2, 0) is 14.4 Å². The average Bonchev–Trinajstić information content (AvgIpc) is 2.81. The van der Waals surface area contributed by atoms with Crippen molar-refractivity contribution in [2.75, 3.05) is 32.7 Å². The lowest BCUT2D eigenvalue weighted by molar-refractivity contribution is -0.144. The van der Waals surface area contributed by atoms with E-state index in [0.717, 1.165) is 25.7 Å². The number of carbonyl (C=O) groups excluding carboxylic acids is 3. The minimum absolute atomic E-state index is 0.00683. The molecule has 1 heterocycles. The van der Waals surface area contributed by atoms with Crippen LogP contribution in [0.25, 0.3) is 0 Å². The van der Waals surface area contributed by atoms with Crippen molar-refractivity contribution >= 4 is 17.7 Å². The first-order valence-electron chi connectivity index (χ1n) is 8.79. The van der Waals surface area contributed by atoms with Crippen molar-refractivity contribution in [1.82, 2.24) is 14.7 Å². The molecule has 3 amide bonds. The molecule has 1 saturated heterocycles. The van der Waals surface area contributed by atoms with Gasteiger partial charge >= 0.3 is 0 Å². The van der Waals surface area contributed by atoms with Crippen LogP contribution in [0.1, 0.15) is 52.4 Å². The van der Waals surface area contributed by atoms with Gasteiger partial charge in [0.2, 0.25) is 17.7 Å². The zero-order valence-electron chi connectivity index (χ0n) is 14.4. The van der Waals surface area contributed by atoms with Crippen LogP contribution in [0.5, 0.6) is 0 Å². The summed E-state index contributed by atoms with van der Waals surface area (Å²) in [4.78, 5) is 41.2. The number of amides is 3. The molecule has 1 aliphatic carbocycles. The largest absolute Gasteiger partial charge is 0.339 e. The molecule has 2 aliphatic rings. The molecule has 0 unspecified atom stereocenters. The first kappa shape index (κ1) is 17.8. The lowest BCUT2D eigenvalue weighted by atomic mass is 10.1. The van der Waals surface area contributed by atoms with E-state index < -0.39 is 0 Å². The zero-order valence-corrected chi connectivity index (χ0v) is 14.4. The molecule has 0 aromatic heterocycles. The summed E-state index contributed by atoms with van der Waals surface area (Å²) in [5.41, 5.74) is 0. The molecule has 6 heteroatoms. The second-order valence-electron chi connectivity index (χ2n) is 6.68. The maximum atomic E-state index is 12.5. The Morgan fingerprint density at radius 1 is 0.870 bits per heavy atom. The highest BCUT2D eigenvalue weighted by molar-refractivity contribution is 5.84. The van der Waals surface area contributed by atoms with Gasteiger partial charge in [0.15, 0.2) is 0 Å². The summed E-state index contributed by atoms with van der Waals surface area (Å²) >= 11 is 0. The van der Waals surface area contributed by atoms with Crippen LogP contribution in [0.4, 0.5) is 0 Å². The number of carbonyl (C=O) groups is 3. The third-order valence-corrected chi connectivity index (χ3v) is 5.05. The molecule has 0 N–H and O–H groups in total. The van der Waals surface area contributed by atoms with Gasteiger partial charge in [-0.05, 0) is 12.8 Å². The fourth-order valence-corrected chi connectivity index (χ4v) is 3.58. The van der Waals surface area contributed by atoms with Crippen LogP contribution in [0, 0.1) is 0 Å². The molecule has 6 nitrogen and oxygen atoms in total. The van der Waals surface area contributed by atoms with Crippen molar-refractivity contribution in [3.05, 3.63) is 0 Å². The Morgan fingerprint density at radius 3 is 1.87 bits per heavy atom. The molecule has 2 fully saturated rings. The van der Waals surface area contributed by atoms with Crippen LogP contribution in [0.2, 0.25) is 0 Å². The second-order valence-corrected chi connectivity index (χ2v) is 6.68. The van der Waals surface area contributed by atoms with E-state index in [0.29, 0.717) is 26.2 Å². The quantitative estimate of drug-likeness (QED) is 0.734. The van der Waals surface area contributed by atoms with E-state index in [9.17, 15) is 14.4 Å². The minimum atomic E-state index is -0.00683. The predicted molar refractivity (Wildman–Crippen MR) is 87.7 cm³/mol. The molecule has 0 aromatic rings. The highest BCUT2D eigenvalue weighted by atomic mass is 16.2. The van der Waals surface area contributed by atoms with Gasteiger partial charge in [0.1, 0.15) is 0 Å². The van der Waals surface area contributed by atoms with Crippen LogP contribution in [-0.4, -0.2) is 71.2 Å². The van der Waals surface area contributed by atoms with E-state index in [1.165, 1.54) is 12.8 Å². The second kappa shape index (κ2) is 8.31. The average molecular weight is 323 g/mol. The molecule has 1 aliphatic heterocycles. The molecule has 130 valence electrons. The number of hydrogen-bond donors (Lipinski definition) is 0. The fourth-order valence-electron chi connectivity index (χ4n) is 3.58. The third-order valence-electron chi connectivity index (χ3n) is 5.05. The highest BCUT2D eigenvalue weighted by Crippen LogP contribution is 2.22.